The Morgan fingerprint density at radius 3 is 2.62 bits per heavy atom. The second kappa shape index (κ2) is 11.2. The number of amides is 1. The maximum Gasteiger partial charge on any atom is 0.272 e. The Kier molecular flexibility index (Phi) is 7.85. The zero-order valence-corrected chi connectivity index (χ0v) is 20.3. The lowest BCUT2D eigenvalue weighted by Gasteiger charge is -2.33. The summed E-state index contributed by atoms with van der Waals surface area (Å²) in [6, 6.07) is 16.1. The van der Waals surface area contributed by atoms with Gasteiger partial charge in [0.05, 0.1) is 19.9 Å². The number of ether oxygens (including phenoxy) is 2. The molecule has 3 aromatic rings. The van der Waals surface area contributed by atoms with E-state index in [0.29, 0.717) is 29.8 Å². The highest BCUT2D eigenvalue weighted by Gasteiger charge is 2.21. The van der Waals surface area contributed by atoms with Crippen LogP contribution in [-0.2, 0) is 0 Å². The van der Waals surface area contributed by atoms with E-state index in [0.717, 1.165) is 36.3 Å². The Morgan fingerprint density at radius 1 is 1.09 bits per heavy atom. The van der Waals surface area contributed by atoms with Crippen molar-refractivity contribution in [2.45, 2.75) is 38.6 Å². The van der Waals surface area contributed by atoms with Crippen LogP contribution in [-0.4, -0.2) is 60.5 Å². The number of benzene rings is 2. The molecule has 7 heteroatoms. The molecule has 1 N–H and O–H groups in total. The summed E-state index contributed by atoms with van der Waals surface area (Å²) in [4.78, 5) is 15.7. The first-order valence-corrected chi connectivity index (χ1v) is 12.0. The molecule has 0 saturated carbocycles. The molecule has 0 radical (unpaired) electrons. The molecule has 0 bridgehead atoms. The van der Waals surface area contributed by atoms with Gasteiger partial charge in [0.25, 0.3) is 5.91 Å². The van der Waals surface area contributed by atoms with Crippen molar-refractivity contribution < 1.29 is 14.3 Å². The van der Waals surface area contributed by atoms with Crippen LogP contribution in [0.3, 0.4) is 0 Å². The largest absolute Gasteiger partial charge is 0.493 e. The van der Waals surface area contributed by atoms with Gasteiger partial charge in [0.15, 0.2) is 17.2 Å². The number of aromatic nitrogens is 2. The molecular weight excluding hydrogens is 428 g/mol. The zero-order valence-electron chi connectivity index (χ0n) is 20.3. The smallest absolute Gasteiger partial charge is 0.272 e. The van der Waals surface area contributed by atoms with Crippen molar-refractivity contribution in [1.29, 1.82) is 0 Å². The van der Waals surface area contributed by atoms with E-state index in [1.165, 1.54) is 19.3 Å². The van der Waals surface area contributed by atoms with Crippen LogP contribution in [0.1, 0.15) is 43.1 Å². The Labute approximate surface area is 201 Å². The average Bonchev–Trinajstić information content (AvgIpc) is 3.33. The number of piperidine rings is 1. The summed E-state index contributed by atoms with van der Waals surface area (Å²) in [6.07, 6.45) is 6.65. The van der Waals surface area contributed by atoms with Gasteiger partial charge in [-0.15, -0.1) is 0 Å². The highest BCUT2D eigenvalue weighted by Crippen LogP contribution is 2.34. The molecule has 34 heavy (non-hydrogen) atoms. The fraction of sp³-hybridized carbons (Fsp3) is 0.407. The van der Waals surface area contributed by atoms with Crippen LogP contribution in [0, 0.1) is 0 Å². The molecule has 1 unspecified atom stereocenters. The molecule has 0 spiro atoms. The quantitative estimate of drug-likeness (QED) is 0.473. The predicted octanol–water partition coefficient (Wildman–Crippen LogP) is 4.55. The van der Waals surface area contributed by atoms with Crippen LogP contribution in [0.15, 0.2) is 54.7 Å². The molecule has 1 aliphatic rings. The third-order valence-electron chi connectivity index (χ3n) is 6.49. The molecule has 1 fully saturated rings. The second-order valence-electron chi connectivity index (χ2n) is 8.73. The van der Waals surface area contributed by atoms with Gasteiger partial charge < -0.3 is 19.7 Å². The van der Waals surface area contributed by atoms with Gasteiger partial charge in [-0.25, -0.2) is 4.68 Å². The van der Waals surface area contributed by atoms with Crippen molar-refractivity contribution in [2.75, 3.05) is 33.9 Å². The van der Waals surface area contributed by atoms with Crippen molar-refractivity contribution in [1.82, 2.24) is 20.0 Å². The number of carbonyl (C=O) groups excluding carboxylic acids is 1. The monoisotopic (exact) mass is 462 g/mol. The topological polar surface area (TPSA) is 68.6 Å². The predicted molar refractivity (Wildman–Crippen MR) is 134 cm³/mol. The standard InChI is InChI=1S/C27H34N4O3/c1-20-10-7-8-16-30(20)17-9-15-28-27(32)26-23(19-31(29-26)22-11-5-4-6-12-22)21-13-14-24(33-2)25(18-21)34-3/h4-6,11-14,18-20H,7-10,15-17H2,1-3H3,(H,28,32). The lowest BCUT2D eigenvalue weighted by molar-refractivity contribution is 0.0944. The molecular formula is C27H34N4O3. The number of methoxy groups -OCH3 is 2. The SMILES string of the molecule is COc1ccc(-c2cn(-c3ccccc3)nc2C(=O)NCCCN2CCCCC2C)cc1OC. The Hall–Kier alpha value is -3.32. The fourth-order valence-electron chi connectivity index (χ4n) is 4.53. The van der Waals surface area contributed by atoms with Gasteiger partial charge in [0.2, 0.25) is 0 Å². The van der Waals surface area contributed by atoms with E-state index in [1.54, 1.807) is 18.9 Å². The van der Waals surface area contributed by atoms with Crippen LogP contribution in [0.25, 0.3) is 16.8 Å². The number of hydrogen-bond acceptors (Lipinski definition) is 5. The third kappa shape index (κ3) is 5.42. The van der Waals surface area contributed by atoms with Crippen LogP contribution in [0.4, 0.5) is 0 Å². The van der Waals surface area contributed by atoms with Gasteiger partial charge >= 0.3 is 0 Å². The van der Waals surface area contributed by atoms with Gasteiger partial charge in [-0.1, -0.05) is 30.7 Å². The third-order valence-corrected chi connectivity index (χ3v) is 6.49. The summed E-state index contributed by atoms with van der Waals surface area (Å²) in [6.45, 7) is 5.07. The Balaban J connectivity index is 1.54. The first-order valence-electron chi connectivity index (χ1n) is 12.0. The molecule has 2 heterocycles. The minimum atomic E-state index is -0.175. The maximum absolute atomic E-state index is 13.2. The highest BCUT2D eigenvalue weighted by molar-refractivity contribution is 5.99. The molecule has 2 aromatic carbocycles. The number of hydrogen-bond donors (Lipinski definition) is 1. The van der Waals surface area contributed by atoms with Crippen molar-refractivity contribution >= 4 is 5.91 Å². The van der Waals surface area contributed by atoms with Gasteiger partial charge in [0, 0.05) is 30.9 Å². The summed E-state index contributed by atoms with van der Waals surface area (Å²) < 4.78 is 12.6. The summed E-state index contributed by atoms with van der Waals surface area (Å²) in [7, 11) is 3.21. The van der Waals surface area contributed by atoms with E-state index < -0.39 is 0 Å². The van der Waals surface area contributed by atoms with E-state index in [9.17, 15) is 4.79 Å². The molecule has 1 aliphatic heterocycles. The fourth-order valence-corrected chi connectivity index (χ4v) is 4.53. The first kappa shape index (κ1) is 23.8. The number of likely N-dealkylation sites (tertiary alicyclic amines) is 1. The lowest BCUT2D eigenvalue weighted by Crippen LogP contribution is -2.39. The molecule has 4 rings (SSSR count). The van der Waals surface area contributed by atoms with Gasteiger partial charge in [-0.2, -0.15) is 5.10 Å². The Bertz CT molecular complexity index is 1100. The van der Waals surface area contributed by atoms with E-state index in [1.807, 2.05) is 54.7 Å². The van der Waals surface area contributed by atoms with Crippen LogP contribution in [0.5, 0.6) is 11.5 Å². The van der Waals surface area contributed by atoms with Gasteiger partial charge in [-0.3, -0.25) is 4.79 Å². The maximum atomic E-state index is 13.2. The van der Waals surface area contributed by atoms with Crippen LogP contribution < -0.4 is 14.8 Å². The minimum absolute atomic E-state index is 0.175. The molecule has 1 aromatic heterocycles. The molecule has 7 nitrogen and oxygen atoms in total. The highest BCUT2D eigenvalue weighted by atomic mass is 16.5. The van der Waals surface area contributed by atoms with Crippen molar-refractivity contribution in [3.8, 4) is 28.3 Å². The normalized spacial score (nSPS) is 16.3. The van der Waals surface area contributed by atoms with E-state index in [2.05, 4.69) is 22.2 Å². The molecule has 1 amide bonds. The summed E-state index contributed by atoms with van der Waals surface area (Å²) >= 11 is 0. The molecule has 1 saturated heterocycles. The van der Waals surface area contributed by atoms with Crippen molar-refractivity contribution in [2.24, 2.45) is 0 Å². The summed E-state index contributed by atoms with van der Waals surface area (Å²) in [5.74, 6) is 1.07. The number of carbonyl (C=O) groups is 1. The Morgan fingerprint density at radius 2 is 1.88 bits per heavy atom. The number of para-hydroxylation sites is 1. The van der Waals surface area contributed by atoms with E-state index in [4.69, 9.17) is 9.47 Å². The molecule has 1 atom stereocenters. The lowest BCUT2D eigenvalue weighted by atomic mass is 10.0. The number of nitrogens with one attached hydrogen (secondary N) is 1. The number of nitrogens with zero attached hydrogens (tertiary/aromatic N) is 3. The first-order chi connectivity index (χ1) is 16.6. The van der Waals surface area contributed by atoms with E-state index >= 15 is 0 Å². The van der Waals surface area contributed by atoms with Gasteiger partial charge in [-0.05, 0) is 62.6 Å². The van der Waals surface area contributed by atoms with Crippen molar-refractivity contribution in [3.63, 3.8) is 0 Å². The summed E-state index contributed by atoms with van der Waals surface area (Å²) in [5, 5.41) is 7.74. The minimum Gasteiger partial charge on any atom is -0.493 e. The average molecular weight is 463 g/mol. The van der Waals surface area contributed by atoms with E-state index in [-0.39, 0.29) is 5.91 Å². The van der Waals surface area contributed by atoms with Crippen LogP contribution in [0.2, 0.25) is 0 Å². The zero-order chi connectivity index (χ0) is 23.9. The summed E-state index contributed by atoms with van der Waals surface area (Å²) in [5.41, 5.74) is 2.86. The molecule has 180 valence electrons. The van der Waals surface area contributed by atoms with Crippen LogP contribution >= 0.6 is 0 Å². The number of rotatable bonds is 9. The van der Waals surface area contributed by atoms with Gasteiger partial charge in [0.1, 0.15) is 0 Å². The second-order valence-corrected chi connectivity index (χ2v) is 8.73. The molecule has 0 aliphatic carbocycles. The van der Waals surface area contributed by atoms with Crippen molar-refractivity contribution in [3.05, 3.63) is 60.4 Å².